The van der Waals surface area contributed by atoms with Crippen molar-refractivity contribution in [2.45, 2.75) is 25.0 Å². The van der Waals surface area contributed by atoms with Gasteiger partial charge in [0.15, 0.2) is 11.5 Å². The number of nitrogens with zero attached hydrogens (tertiary/aromatic N) is 4. The van der Waals surface area contributed by atoms with Gasteiger partial charge >= 0.3 is 0 Å². The molecular formula is C34H34N4O5S. The molecule has 3 aromatic carbocycles. The maximum absolute atomic E-state index is 14.1. The van der Waals surface area contributed by atoms with E-state index in [1.165, 1.54) is 11.8 Å². The van der Waals surface area contributed by atoms with E-state index in [0.29, 0.717) is 42.1 Å². The van der Waals surface area contributed by atoms with Crippen LogP contribution in [0.3, 0.4) is 0 Å². The molecule has 10 heteroatoms. The van der Waals surface area contributed by atoms with Crippen molar-refractivity contribution in [3.8, 4) is 34.2 Å². The topological polar surface area (TPSA) is 86.1 Å². The third-order valence-corrected chi connectivity index (χ3v) is 9.84. The number of amides is 2. The van der Waals surface area contributed by atoms with Crippen molar-refractivity contribution in [1.29, 1.82) is 0 Å². The van der Waals surface area contributed by atoms with E-state index in [4.69, 9.17) is 19.3 Å². The van der Waals surface area contributed by atoms with Crippen molar-refractivity contribution in [3.05, 3.63) is 83.9 Å². The van der Waals surface area contributed by atoms with Gasteiger partial charge in [0, 0.05) is 24.2 Å². The summed E-state index contributed by atoms with van der Waals surface area (Å²) in [5, 5.41) is 4.92. The molecule has 1 unspecified atom stereocenters. The smallest absolute Gasteiger partial charge is 0.242 e. The van der Waals surface area contributed by atoms with Crippen molar-refractivity contribution in [2.24, 2.45) is 5.92 Å². The molecule has 0 saturated carbocycles. The van der Waals surface area contributed by atoms with Gasteiger partial charge in [-0.25, -0.2) is 4.68 Å². The first-order valence-electron chi connectivity index (χ1n) is 14.9. The molecule has 4 heterocycles. The fourth-order valence-corrected chi connectivity index (χ4v) is 7.25. The number of hydrogen-bond donors (Lipinski definition) is 0. The number of fused-ring (bicyclic) bond motifs is 2. The zero-order chi connectivity index (χ0) is 30.2. The van der Waals surface area contributed by atoms with Crippen LogP contribution in [0.2, 0.25) is 0 Å². The second-order valence-electron chi connectivity index (χ2n) is 11.4. The fraction of sp³-hybridized carbons (Fsp3) is 0.324. The van der Waals surface area contributed by atoms with Crippen LogP contribution in [0.5, 0.6) is 17.2 Å². The molecule has 4 aromatic rings. The van der Waals surface area contributed by atoms with Gasteiger partial charge < -0.3 is 19.1 Å². The Morgan fingerprint density at radius 3 is 2.50 bits per heavy atom. The predicted octanol–water partition coefficient (Wildman–Crippen LogP) is 5.70. The first kappa shape index (κ1) is 28.3. The van der Waals surface area contributed by atoms with Crippen LogP contribution in [0.15, 0.2) is 72.8 Å². The van der Waals surface area contributed by atoms with Crippen molar-refractivity contribution >= 4 is 29.4 Å². The van der Waals surface area contributed by atoms with Gasteiger partial charge in [-0.15, -0.1) is 11.8 Å². The number of ether oxygens (including phenoxy) is 3. The van der Waals surface area contributed by atoms with Crippen molar-refractivity contribution in [3.63, 3.8) is 0 Å². The summed E-state index contributed by atoms with van der Waals surface area (Å²) in [6.45, 7) is 3.76. The van der Waals surface area contributed by atoms with E-state index in [2.05, 4.69) is 6.92 Å². The number of methoxy groups -OCH3 is 1. The molecule has 0 N–H and O–H groups in total. The fourth-order valence-electron chi connectivity index (χ4n) is 6.06. The Bertz CT molecular complexity index is 1680. The molecule has 1 atom stereocenters. The zero-order valence-corrected chi connectivity index (χ0v) is 25.6. The standard InChI is InChI=1S/C34H34N4O5S/c1-22-14-16-36(17-15-22)29(39)19-37-30(40)20-44-33(24-8-13-27-28(18-24)43-21-42-27)31-32(23-6-4-3-5-7-23)35-38(34(31)37)25-9-11-26(41-2)12-10-25/h3-13,18,22,33H,14-17,19-21H2,1-2H3. The summed E-state index contributed by atoms with van der Waals surface area (Å²) in [7, 11) is 1.63. The van der Waals surface area contributed by atoms with Gasteiger partial charge in [0.05, 0.1) is 29.5 Å². The van der Waals surface area contributed by atoms with Crippen LogP contribution in [0, 0.1) is 5.92 Å². The summed E-state index contributed by atoms with van der Waals surface area (Å²) >= 11 is 1.54. The lowest BCUT2D eigenvalue weighted by Gasteiger charge is -2.32. The second kappa shape index (κ2) is 11.9. The van der Waals surface area contributed by atoms with Crippen molar-refractivity contribution in [2.75, 3.05) is 44.2 Å². The van der Waals surface area contributed by atoms with Gasteiger partial charge in [-0.05, 0) is 60.7 Å². The Morgan fingerprint density at radius 1 is 1.00 bits per heavy atom. The highest BCUT2D eigenvalue weighted by Gasteiger charge is 2.39. The van der Waals surface area contributed by atoms with Crippen LogP contribution in [0.4, 0.5) is 5.82 Å². The van der Waals surface area contributed by atoms with E-state index in [1.54, 1.807) is 12.0 Å². The van der Waals surface area contributed by atoms with Gasteiger partial charge in [0.1, 0.15) is 18.1 Å². The summed E-state index contributed by atoms with van der Waals surface area (Å²) in [4.78, 5) is 31.4. The molecule has 1 saturated heterocycles. The highest BCUT2D eigenvalue weighted by Crippen LogP contribution is 2.50. The normalized spacial score (nSPS) is 18.2. The molecule has 7 rings (SSSR count). The van der Waals surface area contributed by atoms with E-state index in [1.807, 2.05) is 82.4 Å². The van der Waals surface area contributed by atoms with E-state index in [0.717, 1.165) is 40.9 Å². The largest absolute Gasteiger partial charge is 0.497 e. The summed E-state index contributed by atoms with van der Waals surface area (Å²) in [6, 6.07) is 23.5. The maximum Gasteiger partial charge on any atom is 0.242 e. The number of rotatable bonds is 6. The molecule has 1 aromatic heterocycles. The minimum absolute atomic E-state index is 0.0496. The minimum atomic E-state index is -0.262. The third kappa shape index (κ3) is 5.27. The number of piperidine rings is 1. The van der Waals surface area contributed by atoms with E-state index < -0.39 is 0 Å². The van der Waals surface area contributed by atoms with Gasteiger partial charge in [-0.1, -0.05) is 43.3 Å². The van der Waals surface area contributed by atoms with Gasteiger partial charge in [0.2, 0.25) is 18.6 Å². The number of carbonyl (C=O) groups is 2. The monoisotopic (exact) mass is 610 g/mol. The minimum Gasteiger partial charge on any atom is -0.497 e. The first-order valence-corrected chi connectivity index (χ1v) is 16.0. The number of aromatic nitrogens is 2. The second-order valence-corrected chi connectivity index (χ2v) is 12.5. The molecule has 3 aliphatic heterocycles. The van der Waals surface area contributed by atoms with Crippen LogP contribution in [0.25, 0.3) is 16.9 Å². The molecule has 0 aliphatic carbocycles. The SMILES string of the molecule is COc1ccc(-n2nc(-c3ccccc3)c3c2N(CC(=O)N2CCC(C)CC2)C(=O)CSC3c2ccc3c(c2)OCO3)cc1. The third-order valence-electron chi connectivity index (χ3n) is 8.58. The predicted molar refractivity (Wildman–Crippen MR) is 170 cm³/mol. The molecule has 44 heavy (non-hydrogen) atoms. The number of benzene rings is 3. The Labute approximate surface area is 260 Å². The Hall–Kier alpha value is -4.44. The molecule has 1 fully saturated rings. The van der Waals surface area contributed by atoms with Crippen molar-refractivity contribution < 1.29 is 23.8 Å². The van der Waals surface area contributed by atoms with Crippen LogP contribution >= 0.6 is 11.8 Å². The highest BCUT2D eigenvalue weighted by molar-refractivity contribution is 8.00. The quantitative estimate of drug-likeness (QED) is 0.277. The summed E-state index contributed by atoms with van der Waals surface area (Å²) < 4.78 is 18.6. The van der Waals surface area contributed by atoms with Crippen LogP contribution in [0.1, 0.15) is 36.1 Å². The van der Waals surface area contributed by atoms with Crippen LogP contribution < -0.4 is 19.1 Å². The molecule has 0 bridgehead atoms. The highest BCUT2D eigenvalue weighted by atomic mass is 32.2. The van der Waals surface area contributed by atoms with Gasteiger partial charge in [0.25, 0.3) is 0 Å². The van der Waals surface area contributed by atoms with Gasteiger partial charge in [-0.3, -0.25) is 14.5 Å². The van der Waals surface area contributed by atoms with E-state index >= 15 is 0 Å². The molecule has 0 spiro atoms. The lowest BCUT2D eigenvalue weighted by Crippen LogP contribution is -2.46. The Morgan fingerprint density at radius 2 is 1.75 bits per heavy atom. The number of anilines is 1. The molecule has 0 radical (unpaired) electrons. The lowest BCUT2D eigenvalue weighted by atomic mass is 9.98. The first-order chi connectivity index (χ1) is 21.5. The molecule has 9 nitrogen and oxygen atoms in total. The zero-order valence-electron chi connectivity index (χ0n) is 24.8. The Kier molecular flexibility index (Phi) is 7.68. The molecule has 3 aliphatic rings. The average molecular weight is 611 g/mol. The summed E-state index contributed by atoms with van der Waals surface area (Å²) in [5.74, 6) is 3.30. The van der Waals surface area contributed by atoms with Crippen molar-refractivity contribution in [1.82, 2.24) is 14.7 Å². The van der Waals surface area contributed by atoms with Gasteiger partial charge in [-0.2, -0.15) is 5.10 Å². The summed E-state index contributed by atoms with van der Waals surface area (Å²) in [6.07, 6.45) is 1.93. The lowest BCUT2D eigenvalue weighted by molar-refractivity contribution is -0.132. The summed E-state index contributed by atoms with van der Waals surface area (Å²) in [5.41, 5.74) is 4.29. The maximum atomic E-state index is 14.1. The Balaban J connectivity index is 1.42. The van der Waals surface area contributed by atoms with E-state index in [-0.39, 0.29) is 36.2 Å². The molecule has 226 valence electrons. The number of likely N-dealkylation sites (tertiary alicyclic amines) is 1. The number of hydrogen-bond acceptors (Lipinski definition) is 7. The molecular weight excluding hydrogens is 576 g/mol. The number of carbonyl (C=O) groups excluding carboxylic acids is 2. The average Bonchev–Trinajstić information content (AvgIpc) is 3.66. The number of thioether (sulfide) groups is 1. The molecule has 2 amide bonds. The van der Waals surface area contributed by atoms with E-state index in [9.17, 15) is 9.59 Å². The van der Waals surface area contributed by atoms with Crippen LogP contribution in [-0.2, 0) is 9.59 Å². The van der Waals surface area contributed by atoms with Crippen LogP contribution in [-0.4, -0.2) is 65.8 Å².